The van der Waals surface area contributed by atoms with Crippen molar-refractivity contribution in [2.24, 2.45) is 5.73 Å². The van der Waals surface area contributed by atoms with Gasteiger partial charge in [-0.15, -0.1) is 0 Å². The Balaban J connectivity index is 2.82. The summed E-state index contributed by atoms with van der Waals surface area (Å²) in [6.07, 6.45) is 0. The van der Waals surface area contributed by atoms with Crippen molar-refractivity contribution in [2.75, 3.05) is 20.7 Å². The third-order valence-electron chi connectivity index (χ3n) is 3.20. The van der Waals surface area contributed by atoms with Crippen LogP contribution >= 0.6 is 0 Å². The predicted octanol–water partition coefficient (Wildman–Crippen LogP) is 2.00. The molecule has 96 valence electrons. The zero-order valence-electron chi connectivity index (χ0n) is 11.0. The van der Waals surface area contributed by atoms with E-state index in [1.165, 1.54) is 13.2 Å². The molecule has 1 rings (SSSR count). The molecule has 2 N–H and O–H groups in total. The topological polar surface area (TPSA) is 38.5 Å². The van der Waals surface area contributed by atoms with Crippen LogP contribution in [-0.2, 0) is 6.54 Å². The van der Waals surface area contributed by atoms with Crippen LogP contribution in [0.3, 0.4) is 0 Å². The van der Waals surface area contributed by atoms with Crippen LogP contribution in [0.25, 0.3) is 0 Å². The number of nitrogens with two attached hydrogens (primary N) is 1. The molecule has 0 saturated heterocycles. The lowest BCUT2D eigenvalue weighted by atomic mass is 10.0. The second kappa shape index (κ2) is 5.47. The van der Waals surface area contributed by atoms with Crippen molar-refractivity contribution in [3.63, 3.8) is 0 Å². The van der Waals surface area contributed by atoms with E-state index in [1.807, 2.05) is 25.8 Å². The molecule has 0 radical (unpaired) electrons. The molecular weight excluding hydrogens is 219 g/mol. The number of ether oxygens (including phenoxy) is 1. The van der Waals surface area contributed by atoms with Gasteiger partial charge in [-0.1, -0.05) is 6.07 Å². The van der Waals surface area contributed by atoms with Gasteiger partial charge < -0.3 is 10.5 Å². The molecule has 0 saturated carbocycles. The van der Waals surface area contributed by atoms with Crippen molar-refractivity contribution >= 4 is 0 Å². The van der Waals surface area contributed by atoms with Gasteiger partial charge in [0.15, 0.2) is 0 Å². The number of benzene rings is 1. The van der Waals surface area contributed by atoms with Crippen molar-refractivity contribution in [2.45, 2.75) is 25.9 Å². The van der Waals surface area contributed by atoms with Gasteiger partial charge >= 0.3 is 0 Å². The van der Waals surface area contributed by atoms with Crippen LogP contribution in [0.1, 0.15) is 19.4 Å². The van der Waals surface area contributed by atoms with Gasteiger partial charge in [0.1, 0.15) is 11.6 Å². The number of rotatable bonds is 5. The normalized spacial score (nSPS) is 11.9. The Morgan fingerprint density at radius 1 is 1.41 bits per heavy atom. The summed E-state index contributed by atoms with van der Waals surface area (Å²) in [4.78, 5) is 2.04. The molecule has 0 aliphatic rings. The lowest BCUT2D eigenvalue weighted by Gasteiger charge is -2.34. The fourth-order valence-corrected chi connectivity index (χ4v) is 1.41. The van der Waals surface area contributed by atoms with Crippen molar-refractivity contribution in [1.29, 1.82) is 0 Å². The molecule has 0 aliphatic heterocycles. The maximum Gasteiger partial charge on any atom is 0.131 e. The Hall–Kier alpha value is -1.13. The number of methoxy groups -OCH3 is 1. The van der Waals surface area contributed by atoms with Crippen LogP contribution in [0.4, 0.5) is 4.39 Å². The Kier molecular flexibility index (Phi) is 4.48. The Morgan fingerprint density at radius 2 is 2.06 bits per heavy atom. The number of likely N-dealkylation sites (N-methyl/N-ethyl adjacent to an activating group) is 1. The van der Waals surface area contributed by atoms with Gasteiger partial charge in [-0.2, -0.15) is 0 Å². The maximum atomic E-state index is 13.8. The highest BCUT2D eigenvalue weighted by Gasteiger charge is 2.22. The van der Waals surface area contributed by atoms with E-state index in [1.54, 1.807) is 12.1 Å². The van der Waals surface area contributed by atoms with Crippen molar-refractivity contribution < 1.29 is 9.13 Å². The van der Waals surface area contributed by atoms with E-state index >= 15 is 0 Å². The van der Waals surface area contributed by atoms with Gasteiger partial charge in [0.05, 0.1) is 7.11 Å². The van der Waals surface area contributed by atoms with E-state index in [9.17, 15) is 4.39 Å². The summed E-state index contributed by atoms with van der Waals surface area (Å²) in [5.74, 6) is 0.288. The van der Waals surface area contributed by atoms with E-state index < -0.39 is 0 Å². The highest BCUT2D eigenvalue weighted by atomic mass is 19.1. The second-order valence-electron chi connectivity index (χ2n) is 4.83. The fraction of sp³-hybridized carbons (Fsp3) is 0.538. The molecule has 0 spiro atoms. The first-order valence-corrected chi connectivity index (χ1v) is 5.64. The molecule has 1 aromatic carbocycles. The zero-order valence-corrected chi connectivity index (χ0v) is 11.0. The molecule has 0 heterocycles. The molecule has 0 atom stereocenters. The summed E-state index contributed by atoms with van der Waals surface area (Å²) < 4.78 is 18.7. The van der Waals surface area contributed by atoms with Crippen LogP contribution in [0.5, 0.6) is 5.75 Å². The van der Waals surface area contributed by atoms with E-state index in [0.29, 0.717) is 24.4 Å². The Bertz CT molecular complexity index is 380. The largest absolute Gasteiger partial charge is 0.497 e. The fourth-order valence-electron chi connectivity index (χ4n) is 1.41. The minimum absolute atomic E-state index is 0.146. The third kappa shape index (κ3) is 3.41. The summed E-state index contributed by atoms with van der Waals surface area (Å²) in [5.41, 5.74) is 6.19. The smallest absolute Gasteiger partial charge is 0.131 e. The summed E-state index contributed by atoms with van der Waals surface area (Å²) in [5, 5.41) is 0. The molecule has 0 aromatic heterocycles. The van der Waals surface area contributed by atoms with E-state index in [-0.39, 0.29) is 11.4 Å². The highest BCUT2D eigenvalue weighted by Crippen LogP contribution is 2.20. The first-order valence-electron chi connectivity index (χ1n) is 5.64. The van der Waals surface area contributed by atoms with Gasteiger partial charge in [-0.05, 0) is 27.0 Å². The monoisotopic (exact) mass is 240 g/mol. The number of hydrogen-bond acceptors (Lipinski definition) is 3. The van der Waals surface area contributed by atoms with Gasteiger partial charge in [0.2, 0.25) is 0 Å². The summed E-state index contributed by atoms with van der Waals surface area (Å²) in [6, 6.07) is 4.91. The summed E-state index contributed by atoms with van der Waals surface area (Å²) >= 11 is 0. The predicted molar refractivity (Wildman–Crippen MR) is 67.6 cm³/mol. The average Bonchev–Trinajstić information content (AvgIpc) is 2.31. The minimum Gasteiger partial charge on any atom is -0.497 e. The first kappa shape index (κ1) is 13.9. The molecule has 0 unspecified atom stereocenters. The minimum atomic E-state index is -0.246. The molecule has 4 heteroatoms. The van der Waals surface area contributed by atoms with Crippen molar-refractivity contribution in [3.8, 4) is 5.75 Å². The number of nitrogens with zero attached hydrogens (tertiary/aromatic N) is 1. The van der Waals surface area contributed by atoms with Gasteiger partial charge in [-0.3, -0.25) is 4.90 Å². The molecule has 17 heavy (non-hydrogen) atoms. The SMILES string of the molecule is COc1ccc(CN(C)C(C)(C)CN)c(F)c1. The van der Waals surface area contributed by atoms with Crippen LogP contribution in [0.15, 0.2) is 18.2 Å². The maximum absolute atomic E-state index is 13.8. The van der Waals surface area contributed by atoms with Crippen LogP contribution in [0.2, 0.25) is 0 Å². The molecule has 0 bridgehead atoms. The van der Waals surface area contributed by atoms with Crippen LogP contribution in [-0.4, -0.2) is 31.1 Å². The average molecular weight is 240 g/mol. The van der Waals surface area contributed by atoms with E-state index in [0.717, 1.165) is 0 Å². The number of hydrogen-bond donors (Lipinski definition) is 1. The molecule has 0 fully saturated rings. The van der Waals surface area contributed by atoms with E-state index in [2.05, 4.69) is 0 Å². The van der Waals surface area contributed by atoms with Crippen molar-refractivity contribution in [1.82, 2.24) is 4.90 Å². The summed E-state index contributed by atoms with van der Waals surface area (Å²) in [6.45, 7) is 5.13. The van der Waals surface area contributed by atoms with E-state index in [4.69, 9.17) is 10.5 Å². The lowest BCUT2D eigenvalue weighted by Crippen LogP contribution is -2.46. The quantitative estimate of drug-likeness (QED) is 0.855. The highest BCUT2D eigenvalue weighted by molar-refractivity contribution is 5.28. The van der Waals surface area contributed by atoms with Gasteiger partial charge in [0.25, 0.3) is 0 Å². The standard InChI is InChI=1S/C13H21FN2O/c1-13(2,9-15)16(3)8-10-5-6-11(17-4)7-12(10)14/h5-7H,8-9,15H2,1-4H3. The summed E-state index contributed by atoms with van der Waals surface area (Å²) in [7, 11) is 3.47. The number of halogens is 1. The van der Waals surface area contributed by atoms with Crippen molar-refractivity contribution in [3.05, 3.63) is 29.6 Å². The molecular formula is C13H21FN2O. The second-order valence-corrected chi connectivity index (χ2v) is 4.83. The molecule has 0 aliphatic carbocycles. The van der Waals surface area contributed by atoms with Crippen LogP contribution < -0.4 is 10.5 Å². The van der Waals surface area contributed by atoms with Gasteiger partial charge in [0, 0.05) is 30.3 Å². The Labute approximate surface area is 102 Å². The van der Waals surface area contributed by atoms with Crippen LogP contribution in [0, 0.1) is 5.82 Å². The lowest BCUT2D eigenvalue weighted by molar-refractivity contribution is 0.154. The zero-order chi connectivity index (χ0) is 13.1. The first-order chi connectivity index (χ1) is 7.90. The Morgan fingerprint density at radius 3 is 2.53 bits per heavy atom. The van der Waals surface area contributed by atoms with Gasteiger partial charge in [-0.25, -0.2) is 4.39 Å². The molecule has 1 aromatic rings. The molecule has 0 amide bonds. The third-order valence-corrected chi connectivity index (χ3v) is 3.20. The molecule has 3 nitrogen and oxygen atoms in total.